The summed E-state index contributed by atoms with van der Waals surface area (Å²) in [5.74, 6) is -1.18. The Kier molecular flexibility index (Phi) is 8.35. The van der Waals surface area contributed by atoms with Crippen LogP contribution in [0, 0.1) is 0 Å². The molecule has 0 bridgehead atoms. The van der Waals surface area contributed by atoms with Crippen molar-refractivity contribution in [1.82, 2.24) is 0 Å². The molecule has 1 rings (SSSR count). The number of carboxylic acids is 1. The van der Waals surface area contributed by atoms with Gasteiger partial charge in [-0.25, -0.2) is 0 Å². The van der Waals surface area contributed by atoms with Gasteiger partial charge in [0.2, 0.25) is 0 Å². The molecule has 0 aliphatic rings. The second kappa shape index (κ2) is 9.51. The van der Waals surface area contributed by atoms with Crippen LogP contribution in [0.4, 0.5) is 0 Å². The SMILES string of the molecule is CN=NC(Cc1ccc(CC=I[I-]C)cc1)C(=O)[O-]. The van der Waals surface area contributed by atoms with Gasteiger partial charge in [-0.05, 0) is 0 Å². The number of alkyl halides is 1. The Morgan fingerprint density at radius 3 is 2.58 bits per heavy atom. The summed E-state index contributed by atoms with van der Waals surface area (Å²) in [6.07, 6.45) is 1.36. The summed E-state index contributed by atoms with van der Waals surface area (Å²) in [5.41, 5.74) is 2.23. The fraction of sp³-hybridized carbons (Fsp3) is 0.385. The van der Waals surface area contributed by atoms with Gasteiger partial charge in [0.15, 0.2) is 0 Å². The molecule has 1 unspecified atom stereocenters. The van der Waals surface area contributed by atoms with E-state index in [0.29, 0.717) is 40.4 Å². The van der Waals surface area contributed by atoms with Crippen LogP contribution in [0.25, 0.3) is 0 Å². The molecule has 0 fully saturated rings. The maximum absolute atomic E-state index is 10.9. The normalized spacial score (nSPS) is 13.8. The van der Waals surface area contributed by atoms with Crippen LogP contribution >= 0.6 is 16.8 Å². The number of azo groups is 1. The van der Waals surface area contributed by atoms with Crippen molar-refractivity contribution in [2.24, 2.45) is 10.2 Å². The van der Waals surface area contributed by atoms with Gasteiger partial charge in [-0.1, -0.05) is 0 Å². The zero-order chi connectivity index (χ0) is 14.1. The van der Waals surface area contributed by atoms with Crippen LogP contribution in [0.5, 0.6) is 0 Å². The first-order valence-electron chi connectivity index (χ1n) is 5.69. The summed E-state index contributed by atoms with van der Waals surface area (Å²) in [7, 11) is 1.47. The Morgan fingerprint density at radius 2 is 2.05 bits per heavy atom. The van der Waals surface area contributed by atoms with E-state index in [2.05, 4.69) is 31.3 Å². The Labute approximate surface area is 129 Å². The maximum atomic E-state index is 10.9. The molecule has 0 saturated heterocycles. The van der Waals surface area contributed by atoms with Gasteiger partial charge in [-0.2, -0.15) is 0 Å². The van der Waals surface area contributed by atoms with E-state index >= 15 is 0 Å². The number of carboxylic acid groups (broad SMARTS) is 1. The molecule has 0 N–H and O–H groups in total. The molecule has 0 amide bonds. The number of carbonyl (C=O) groups is 1. The van der Waals surface area contributed by atoms with Gasteiger partial charge in [0, 0.05) is 0 Å². The van der Waals surface area contributed by atoms with Crippen molar-refractivity contribution in [2.45, 2.75) is 18.9 Å². The standard InChI is InChI=1S/C13H17I2N2O2/c1-14-15-8-7-10-3-5-11(6-4-10)9-12(13(18)19)17-16-2/h3-6,8,12H,7,9H2,1-2H3,(H,18,19)/q-1/p-1. The summed E-state index contributed by atoms with van der Waals surface area (Å²) >= 11 is 0.775. The second-order valence-corrected chi connectivity index (χ2v) is 14.6. The van der Waals surface area contributed by atoms with Crippen LogP contribution < -0.4 is 22.3 Å². The molecule has 0 aliphatic carbocycles. The second-order valence-electron chi connectivity index (χ2n) is 3.75. The summed E-state index contributed by atoms with van der Waals surface area (Å²) < 4.78 is 2.41. The zero-order valence-electron chi connectivity index (χ0n) is 10.8. The Hall–Kier alpha value is -0.380. The molecule has 19 heavy (non-hydrogen) atoms. The molecule has 1 aromatic carbocycles. The molecule has 1 atom stereocenters. The number of halogens is 2. The van der Waals surface area contributed by atoms with Gasteiger partial charge in [0.05, 0.1) is 0 Å². The fourth-order valence-corrected chi connectivity index (χ4v) is 5.88. The van der Waals surface area contributed by atoms with Gasteiger partial charge in [-0.15, -0.1) is 0 Å². The van der Waals surface area contributed by atoms with E-state index in [1.165, 1.54) is 12.6 Å². The van der Waals surface area contributed by atoms with Gasteiger partial charge in [0.25, 0.3) is 0 Å². The number of hydrogen-bond donors (Lipinski definition) is 0. The Balaban J connectivity index is 2.65. The van der Waals surface area contributed by atoms with Crippen LogP contribution in [-0.2, 0) is 17.6 Å². The van der Waals surface area contributed by atoms with E-state index in [1.54, 1.807) is 0 Å². The molecular weight excluding hydrogens is 470 g/mol. The van der Waals surface area contributed by atoms with Crippen molar-refractivity contribution >= 4 is 26.7 Å². The molecular formula is C13H16I2N2O2-2. The van der Waals surface area contributed by atoms with Crippen molar-refractivity contribution < 1.29 is 27.1 Å². The average molecular weight is 486 g/mol. The molecule has 1 aromatic rings. The number of hydrogen-bond acceptors (Lipinski definition) is 4. The van der Waals surface area contributed by atoms with E-state index < -0.39 is 12.0 Å². The zero-order valence-corrected chi connectivity index (χ0v) is 15.2. The third-order valence-corrected chi connectivity index (χ3v) is 9.07. The fourth-order valence-electron chi connectivity index (χ4n) is 1.52. The predicted molar refractivity (Wildman–Crippen MR) is 79.4 cm³/mol. The van der Waals surface area contributed by atoms with Crippen LogP contribution in [0.15, 0.2) is 34.5 Å². The molecule has 0 radical (unpaired) electrons. The summed E-state index contributed by atoms with van der Waals surface area (Å²) in [6.45, 7) is 0. The van der Waals surface area contributed by atoms with Crippen LogP contribution in [0.1, 0.15) is 11.1 Å². The molecule has 0 aromatic heterocycles. The van der Waals surface area contributed by atoms with Crippen LogP contribution in [0.2, 0.25) is 0 Å². The Bertz CT molecular complexity index is 458. The third kappa shape index (κ3) is 6.55. The van der Waals surface area contributed by atoms with Gasteiger partial charge >= 0.3 is 130 Å². The van der Waals surface area contributed by atoms with Crippen molar-refractivity contribution in [3.8, 4) is 0 Å². The first-order valence-corrected chi connectivity index (χ1v) is 15.4. The van der Waals surface area contributed by atoms with Crippen molar-refractivity contribution in [3.05, 3.63) is 35.4 Å². The number of carbonyl (C=O) groups excluding carboxylic acids is 1. The number of rotatable bonds is 7. The molecule has 6 heteroatoms. The average Bonchev–Trinajstić information content (AvgIpc) is 2.40. The van der Waals surface area contributed by atoms with E-state index in [0.717, 1.165) is 12.0 Å². The summed E-state index contributed by atoms with van der Waals surface area (Å²) in [4.78, 5) is 13.2. The van der Waals surface area contributed by atoms with Crippen molar-refractivity contribution in [3.63, 3.8) is 0 Å². The van der Waals surface area contributed by atoms with E-state index in [-0.39, 0.29) is 0 Å². The van der Waals surface area contributed by atoms with Gasteiger partial charge in [0.1, 0.15) is 0 Å². The molecule has 0 heterocycles. The molecule has 0 spiro atoms. The number of benzene rings is 1. The van der Waals surface area contributed by atoms with E-state index in [1.807, 2.05) is 12.1 Å². The first kappa shape index (κ1) is 16.7. The summed E-state index contributed by atoms with van der Waals surface area (Å²) in [6, 6.07) is 7.14. The topological polar surface area (TPSA) is 64.8 Å². The molecule has 4 nitrogen and oxygen atoms in total. The van der Waals surface area contributed by atoms with Gasteiger partial charge < -0.3 is 0 Å². The number of aliphatic carboxylic acids is 1. The predicted octanol–water partition coefficient (Wildman–Crippen LogP) is -1.62. The Morgan fingerprint density at radius 1 is 1.42 bits per heavy atom. The van der Waals surface area contributed by atoms with Crippen LogP contribution in [0.3, 0.4) is 0 Å². The first-order chi connectivity index (χ1) is 9.17. The minimum atomic E-state index is -1.18. The van der Waals surface area contributed by atoms with E-state index in [9.17, 15) is 9.90 Å². The van der Waals surface area contributed by atoms with E-state index in [4.69, 9.17) is 0 Å². The molecule has 0 saturated carbocycles. The van der Waals surface area contributed by atoms with Crippen molar-refractivity contribution in [1.29, 1.82) is 0 Å². The number of nitrogens with zero attached hydrogens (tertiary/aromatic N) is 2. The van der Waals surface area contributed by atoms with Crippen LogP contribution in [-0.4, -0.2) is 28.0 Å². The minimum absolute atomic E-state index is 0.330. The van der Waals surface area contributed by atoms with Gasteiger partial charge in [-0.3, -0.25) is 0 Å². The molecule has 0 aliphatic heterocycles. The summed E-state index contributed by atoms with van der Waals surface area (Å²) in [5, 5.41) is 18.1. The quantitative estimate of drug-likeness (QED) is 0.265. The third-order valence-electron chi connectivity index (χ3n) is 2.43. The molecule has 106 valence electrons. The van der Waals surface area contributed by atoms with Crippen molar-refractivity contribution in [2.75, 3.05) is 12.0 Å². The monoisotopic (exact) mass is 486 g/mol.